The summed E-state index contributed by atoms with van der Waals surface area (Å²) in [5, 5.41) is 6.47. The Morgan fingerprint density at radius 1 is 0.317 bits per heavy atom. The van der Waals surface area contributed by atoms with Gasteiger partial charge in [-0.05, 0) is 82.9 Å². The molecule has 0 unspecified atom stereocenters. The second-order valence-corrected chi connectivity index (χ2v) is 22.0. The standard InChI is InChI=1S/C56H43N3Si/c1-60(2,3)46-29-27-44(28-30-46)58-53-23-12-10-21-47(53)49-31-25-41(36-55(49)58)42-26-32-50-48-22-11-13-24-54(48)59(56(50)37-42)45-20-14-19-40(33-45)43-34-51(38-15-6-4-7-16-38)57-52(35-43)39-17-8-5-9-18-39/h4-37H,1-3H3. The van der Waals surface area contributed by atoms with Crippen LogP contribution in [0.5, 0.6) is 0 Å². The molecule has 0 aliphatic rings. The zero-order valence-corrected chi connectivity index (χ0v) is 35.0. The van der Waals surface area contributed by atoms with Crippen LogP contribution in [-0.4, -0.2) is 22.2 Å². The van der Waals surface area contributed by atoms with Crippen molar-refractivity contribution in [2.24, 2.45) is 0 Å². The van der Waals surface area contributed by atoms with Gasteiger partial charge in [0, 0.05) is 44.0 Å². The van der Waals surface area contributed by atoms with Crippen LogP contribution in [0.1, 0.15) is 0 Å². The molecule has 0 saturated heterocycles. The van der Waals surface area contributed by atoms with Crippen molar-refractivity contribution in [3.63, 3.8) is 0 Å². The molecule has 0 amide bonds. The number of para-hydroxylation sites is 2. The predicted octanol–water partition coefficient (Wildman–Crippen LogP) is 14.5. The van der Waals surface area contributed by atoms with Crippen LogP contribution in [0.4, 0.5) is 0 Å². The first-order valence-corrected chi connectivity index (χ1v) is 24.3. The van der Waals surface area contributed by atoms with Gasteiger partial charge in [0.2, 0.25) is 0 Å². The maximum atomic E-state index is 5.15. The lowest BCUT2D eigenvalue weighted by Crippen LogP contribution is -2.37. The van der Waals surface area contributed by atoms with Gasteiger partial charge >= 0.3 is 0 Å². The summed E-state index contributed by atoms with van der Waals surface area (Å²) in [6.45, 7) is 7.23. The Hall–Kier alpha value is -7.27. The molecule has 3 aromatic heterocycles. The van der Waals surface area contributed by atoms with Crippen LogP contribution in [0.25, 0.3) is 99.8 Å². The fourth-order valence-electron chi connectivity index (χ4n) is 9.00. The van der Waals surface area contributed by atoms with E-state index in [1.807, 2.05) is 0 Å². The molecule has 0 bridgehead atoms. The normalized spacial score (nSPS) is 11.9. The molecule has 0 atom stereocenters. The van der Waals surface area contributed by atoms with E-state index < -0.39 is 8.07 Å². The lowest BCUT2D eigenvalue weighted by Gasteiger charge is -2.17. The molecule has 60 heavy (non-hydrogen) atoms. The summed E-state index contributed by atoms with van der Waals surface area (Å²) in [4.78, 5) is 5.15. The minimum Gasteiger partial charge on any atom is -0.309 e. The predicted molar refractivity (Wildman–Crippen MR) is 258 cm³/mol. The van der Waals surface area contributed by atoms with Crippen molar-refractivity contribution >= 4 is 56.9 Å². The van der Waals surface area contributed by atoms with Crippen molar-refractivity contribution in [1.29, 1.82) is 0 Å². The first kappa shape index (κ1) is 35.9. The van der Waals surface area contributed by atoms with Gasteiger partial charge in [0.1, 0.15) is 0 Å². The Balaban J connectivity index is 1.07. The summed E-state index contributed by atoms with van der Waals surface area (Å²) in [6, 6.07) is 75.2. The average Bonchev–Trinajstić information content (AvgIpc) is 3.81. The number of pyridine rings is 1. The molecule has 3 nitrogen and oxygen atoms in total. The zero-order chi connectivity index (χ0) is 40.4. The Morgan fingerprint density at radius 3 is 1.30 bits per heavy atom. The van der Waals surface area contributed by atoms with E-state index in [0.717, 1.165) is 39.3 Å². The highest BCUT2D eigenvalue weighted by Crippen LogP contribution is 2.39. The summed E-state index contributed by atoms with van der Waals surface area (Å²) in [6.07, 6.45) is 0. The fourth-order valence-corrected chi connectivity index (χ4v) is 10.2. The number of rotatable bonds is 7. The molecule has 0 fully saturated rings. The third-order valence-corrected chi connectivity index (χ3v) is 14.1. The quantitative estimate of drug-likeness (QED) is 0.148. The van der Waals surface area contributed by atoms with Gasteiger partial charge in [0.25, 0.3) is 0 Å². The van der Waals surface area contributed by atoms with Crippen LogP contribution in [0.3, 0.4) is 0 Å². The van der Waals surface area contributed by atoms with E-state index in [2.05, 4.69) is 235 Å². The van der Waals surface area contributed by atoms with E-state index in [1.165, 1.54) is 65.6 Å². The summed E-state index contributed by atoms with van der Waals surface area (Å²) >= 11 is 0. The number of fused-ring (bicyclic) bond motifs is 6. The maximum absolute atomic E-state index is 5.15. The van der Waals surface area contributed by atoms with Crippen LogP contribution in [0.15, 0.2) is 206 Å². The van der Waals surface area contributed by atoms with Gasteiger partial charge in [-0.3, -0.25) is 0 Å². The van der Waals surface area contributed by atoms with Gasteiger partial charge in [-0.15, -0.1) is 0 Å². The van der Waals surface area contributed by atoms with E-state index in [-0.39, 0.29) is 0 Å². The van der Waals surface area contributed by atoms with Gasteiger partial charge in [0.15, 0.2) is 0 Å². The summed E-state index contributed by atoms with van der Waals surface area (Å²) < 4.78 is 4.87. The molecule has 286 valence electrons. The number of benzene rings is 8. The van der Waals surface area contributed by atoms with E-state index in [0.29, 0.717) is 0 Å². The fraction of sp³-hybridized carbons (Fsp3) is 0.0536. The third-order valence-electron chi connectivity index (χ3n) is 12.1. The molecule has 4 heteroatoms. The van der Waals surface area contributed by atoms with Gasteiger partial charge in [-0.1, -0.05) is 170 Å². The molecular formula is C56H43N3Si. The Labute approximate surface area is 351 Å². The molecule has 11 aromatic rings. The molecule has 3 heterocycles. The smallest absolute Gasteiger partial charge is 0.0775 e. The summed E-state index contributed by atoms with van der Waals surface area (Å²) in [5.41, 5.74) is 15.9. The third kappa shape index (κ3) is 6.16. The molecule has 11 rings (SSSR count). The van der Waals surface area contributed by atoms with E-state index in [9.17, 15) is 0 Å². The van der Waals surface area contributed by atoms with Gasteiger partial charge < -0.3 is 9.13 Å². The van der Waals surface area contributed by atoms with Crippen LogP contribution in [0.2, 0.25) is 19.6 Å². The highest BCUT2D eigenvalue weighted by Gasteiger charge is 2.19. The van der Waals surface area contributed by atoms with Crippen LogP contribution < -0.4 is 5.19 Å². The number of nitrogens with zero attached hydrogens (tertiary/aromatic N) is 3. The van der Waals surface area contributed by atoms with Crippen LogP contribution in [-0.2, 0) is 0 Å². The highest BCUT2D eigenvalue weighted by atomic mass is 28.3. The molecule has 0 spiro atoms. The zero-order valence-electron chi connectivity index (χ0n) is 34.0. The average molecular weight is 786 g/mol. The molecule has 0 radical (unpaired) electrons. The maximum Gasteiger partial charge on any atom is 0.0775 e. The second kappa shape index (κ2) is 14.2. The van der Waals surface area contributed by atoms with Gasteiger partial charge in [-0.25, -0.2) is 4.98 Å². The van der Waals surface area contributed by atoms with Crippen molar-refractivity contribution in [3.05, 3.63) is 206 Å². The second-order valence-electron chi connectivity index (χ2n) is 16.9. The first-order chi connectivity index (χ1) is 29.4. The monoisotopic (exact) mass is 785 g/mol. The molecule has 0 aliphatic heterocycles. The molecule has 0 N–H and O–H groups in total. The first-order valence-electron chi connectivity index (χ1n) is 20.8. The Bertz CT molecular complexity index is 3330. The van der Waals surface area contributed by atoms with Crippen LogP contribution in [0, 0.1) is 0 Å². The molecular weight excluding hydrogens is 743 g/mol. The Morgan fingerprint density at radius 2 is 0.767 bits per heavy atom. The van der Waals surface area contributed by atoms with Crippen molar-refractivity contribution in [1.82, 2.24) is 14.1 Å². The van der Waals surface area contributed by atoms with E-state index in [1.54, 1.807) is 0 Å². The van der Waals surface area contributed by atoms with Crippen molar-refractivity contribution in [2.75, 3.05) is 0 Å². The summed E-state index contributed by atoms with van der Waals surface area (Å²) in [5.74, 6) is 0. The topological polar surface area (TPSA) is 22.8 Å². The van der Waals surface area contributed by atoms with Gasteiger partial charge in [0.05, 0.1) is 41.5 Å². The minimum absolute atomic E-state index is 0.957. The van der Waals surface area contributed by atoms with E-state index >= 15 is 0 Å². The lowest BCUT2D eigenvalue weighted by molar-refractivity contribution is 1.18. The number of hydrogen-bond acceptors (Lipinski definition) is 1. The Kier molecular flexibility index (Phi) is 8.50. The SMILES string of the molecule is C[Si](C)(C)c1ccc(-n2c3ccccc3c3ccc(-c4ccc5c6ccccc6n(-c6cccc(-c7cc(-c8ccccc8)nc(-c8ccccc8)c7)c6)c5c4)cc32)cc1. The largest absolute Gasteiger partial charge is 0.309 e. The number of aromatic nitrogens is 3. The molecule has 0 saturated carbocycles. The summed E-state index contributed by atoms with van der Waals surface area (Å²) in [7, 11) is -1.43. The minimum atomic E-state index is -1.43. The lowest BCUT2D eigenvalue weighted by atomic mass is 9.99. The highest BCUT2D eigenvalue weighted by molar-refractivity contribution is 6.88. The van der Waals surface area contributed by atoms with Gasteiger partial charge in [-0.2, -0.15) is 0 Å². The molecule has 0 aliphatic carbocycles. The van der Waals surface area contributed by atoms with Crippen molar-refractivity contribution in [3.8, 4) is 56.1 Å². The van der Waals surface area contributed by atoms with Crippen molar-refractivity contribution in [2.45, 2.75) is 19.6 Å². The number of hydrogen-bond donors (Lipinski definition) is 0. The van der Waals surface area contributed by atoms with Crippen molar-refractivity contribution < 1.29 is 0 Å². The van der Waals surface area contributed by atoms with Crippen LogP contribution >= 0.6 is 0 Å². The molecule has 8 aromatic carbocycles. The van der Waals surface area contributed by atoms with E-state index in [4.69, 9.17) is 4.98 Å².